The number of aromatic nitrogens is 2. The number of hydrogen-bond donors (Lipinski definition) is 1. The molecule has 0 atom stereocenters. The van der Waals surface area contributed by atoms with E-state index in [0.29, 0.717) is 17.4 Å². The first-order valence-electron chi connectivity index (χ1n) is 5.81. The number of rotatable bonds is 2. The summed E-state index contributed by atoms with van der Waals surface area (Å²) in [6.45, 7) is 0.571. The topological polar surface area (TPSA) is 78.0 Å². The molecule has 1 aromatic carbocycles. The number of nitrogens with zero attached hydrogens (tertiary/aromatic N) is 2. The molecular formula is C13H11N3O2S. The van der Waals surface area contributed by atoms with Crippen molar-refractivity contribution in [1.82, 2.24) is 9.55 Å². The number of nitrogens with two attached hydrogens (primary N) is 1. The van der Waals surface area contributed by atoms with E-state index in [0.717, 1.165) is 11.3 Å². The average molecular weight is 273 g/mol. The van der Waals surface area contributed by atoms with E-state index in [4.69, 9.17) is 5.73 Å². The first kappa shape index (κ1) is 12.0. The average Bonchev–Trinajstić information content (AvgIpc) is 2.87. The molecule has 19 heavy (non-hydrogen) atoms. The quantitative estimate of drug-likeness (QED) is 0.832. The van der Waals surface area contributed by atoms with Crippen LogP contribution in [0, 0.1) is 0 Å². The zero-order valence-corrected chi connectivity index (χ0v) is 10.8. The first-order valence-corrected chi connectivity index (χ1v) is 6.80. The lowest BCUT2D eigenvalue weighted by Crippen LogP contribution is -2.31. The van der Waals surface area contributed by atoms with Crippen molar-refractivity contribution in [2.75, 3.05) is 5.75 Å². The van der Waals surface area contributed by atoms with Gasteiger partial charge in [0.2, 0.25) is 0 Å². The molecule has 1 amide bonds. The minimum Gasteiger partial charge on any atom is -0.365 e. The van der Waals surface area contributed by atoms with E-state index in [1.165, 1.54) is 16.3 Å². The Labute approximate surface area is 113 Å². The molecule has 3 rings (SSSR count). The van der Waals surface area contributed by atoms with Gasteiger partial charge in [-0.05, 0) is 0 Å². The molecule has 1 aliphatic heterocycles. The van der Waals surface area contributed by atoms with Gasteiger partial charge in [-0.3, -0.25) is 14.2 Å². The molecule has 1 aliphatic rings. The van der Waals surface area contributed by atoms with Gasteiger partial charge in [-0.2, -0.15) is 0 Å². The largest absolute Gasteiger partial charge is 0.365 e. The van der Waals surface area contributed by atoms with Crippen molar-refractivity contribution in [2.45, 2.75) is 11.7 Å². The highest BCUT2D eigenvalue weighted by Crippen LogP contribution is 2.26. The SMILES string of the molecule is NC(=O)c1c(-c2ccccc2)nc2n(c1=O)CCS2. The lowest BCUT2D eigenvalue weighted by atomic mass is 10.1. The van der Waals surface area contributed by atoms with E-state index >= 15 is 0 Å². The number of hydrogen-bond acceptors (Lipinski definition) is 4. The van der Waals surface area contributed by atoms with Crippen molar-refractivity contribution in [3.63, 3.8) is 0 Å². The van der Waals surface area contributed by atoms with Gasteiger partial charge < -0.3 is 5.73 Å². The van der Waals surface area contributed by atoms with Crippen LogP contribution < -0.4 is 11.3 Å². The van der Waals surface area contributed by atoms with Crippen LogP contribution in [0.25, 0.3) is 11.3 Å². The number of primary amides is 1. The Morgan fingerprint density at radius 1 is 1.32 bits per heavy atom. The highest BCUT2D eigenvalue weighted by Gasteiger charge is 2.24. The van der Waals surface area contributed by atoms with Crippen molar-refractivity contribution >= 4 is 17.7 Å². The Balaban J connectivity index is 2.33. The van der Waals surface area contributed by atoms with Crippen LogP contribution in [0.2, 0.25) is 0 Å². The number of carbonyl (C=O) groups is 1. The second-order valence-electron chi connectivity index (χ2n) is 4.15. The molecule has 0 saturated heterocycles. The predicted molar refractivity (Wildman–Crippen MR) is 73.2 cm³/mol. The van der Waals surface area contributed by atoms with Crippen LogP contribution in [0.5, 0.6) is 0 Å². The predicted octanol–water partition coefficient (Wildman–Crippen LogP) is 1.11. The molecule has 96 valence electrons. The smallest absolute Gasteiger partial charge is 0.267 e. The van der Waals surface area contributed by atoms with Gasteiger partial charge in [-0.1, -0.05) is 42.1 Å². The molecule has 5 nitrogen and oxygen atoms in total. The third kappa shape index (κ3) is 1.94. The van der Waals surface area contributed by atoms with E-state index in [1.807, 2.05) is 30.3 Å². The van der Waals surface area contributed by atoms with Crippen molar-refractivity contribution < 1.29 is 4.79 Å². The minimum absolute atomic E-state index is 0.0301. The summed E-state index contributed by atoms with van der Waals surface area (Å²) < 4.78 is 1.51. The van der Waals surface area contributed by atoms with Gasteiger partial charge in [0.1, 0.15) is 5.56 Å². The number of carbonyl (C=O) groups excluding carboxylic acids is 1. The first-order chi connectivity index (χ1) is 9.18. The second kappa shape index (κ2) is 4.55. The van der Waals surface area contributed by atoms with Gasteiger partial charge in [0.15, 0.2) is 5.16 Å². The Morgan fingerprint density at radius 2 is 2.05 bits per heavy atom. The monoisotopic (exact) mass is 273 g/mol. The Hall–Kier alpha value is -2.08. The molecule has 0 aliphatic carbocycles. The third-order valence-electron chi connectivity index (χ3n) is 2.97. The highest BCUT2D eigenvalue weighted by molar-refractivity contribution is 7.99. The van der Waals surface area contributed by atoms with Crippen LogP contribution in [-0.2, 0) is 6.54 Å². The number of thioether (sulfide) groups is 1. The van der Waals surface area contributed by atoms with Crippen molar-refractivity contribution in [3.8, 4) is 11.3 Å². The molecule has 0 saturated carbocycles. The highest BCUT2D eigenvalue weighted by atomic mass is 32.2. The van der Waals surface area contributed by atoms with Crippen LogP contribution in [0.15, 0.2) is 40.3 Å². The summed E-state index contributed by atoms with van der Waals surface area (Å²) in [7, 11) is 0. The Bertz CT molecular complexity index is 710. The van der Waals surface area contributed by atoms with Crippen LogP contribution in [0.4, 0.5) is 0 Å². The molecular weight excluding hydrogens is 262 g/mol. The normalized spacial score (nSPS) is 13.3. The molecule has 6 heteroatoms. The zero-order valence-electron chi connectivity index (χ0n) is 10.00. The van der Waals surface area contributed by atoms with E-state index in [1.54, 1.807) is 0 Å². The molecule has 2 heterocycles. The van der Waals surface area contributed by atoms with E-state index in [2.05, 4.69) is 4.98 Å². The molecule has 2 N–H and O–H groups in total. The number of benzene rings is 1. The van der Waals surface area contributed by atoms with E-state index in [-0.39, 0.29) is 11.1 Å². The van der Waals surface area contributed by atoms with Crippen LogP contribution in [0.1, 0.15) is 10.4 Å². The minimum atomic E-state index is -0.733. The Kier molecular flexibility index (Phi) is 2.87. The van der Waals surface area contributed by atoms with Gasteiger partial charge in [0.25, 0.3) is 11.5 Å². The van der Waals surface area contributed by atoms with Crippen LogP contribution in [0.3, 0.4) is 0 Å². The summed E-state index contributed by atoms with van der Waals surface area (Å²) >= 11 is 1.51. The number of fused-ring (bicyclic) bond motifs is 1. The van der Waals surface area contributed by atoms with Crippen molar-refractivity contribution in [2.24, 2.45) is 5.73 Å². The third-order valence-corrected chi connectivity index (χ3v) is 3.93. The summed E-state index contributed by atoms with van der Waals surface area (Å²) in [4.78, 5) is 28.3. The fourth-order valence-corrected chi connectivity index (χ4v) is 3.04. The summed E-state index contributed by atoms with van der Waals surface area (Å²) in [6.07, 6.45) is 0. The van der Waals surface area contributed by atoms with Crippen molar-refractivity contribution in [3.05, 3.63) is 46.2 Å². The molecule has 0 fully saturated rings. The van der Waals surface area contributed by atoms with Crippen LogP contribution >= 0.6 is 11.8 Å². The summed E-state index contributed by atoms with van der Waals surface area (Å²) in [6, 6.07) is 9.15. The van der Waals surface area contributed by atoms with Crippen LogP contribution in [-0.4, -0.2) is 21.2 Å². The summed E-state index contributed by atoms with van der Waals surface area (Å²) in [5.74, 6) is 0.0575. The lowest BCUT2D eigenvalue weighted by molar-refractivity contribution is 0.0998. The van der Waals surface area contributed by atoms with Crippen molar-refractivity contribution in [1.29, 1.82) is 0 Å². The molecule has 1 aromatic heterocycles. The zero-order chi connectivity index (χ0) is 13.4. The summed E-state index contributed by atoms with van der Waals surface area (Å²) in [5.41, 5.74) is 6.07. The fourth-order valence-electron chi connectivity index (χ4n) is 2.10. The fraction of sp³-hybridized carbons (Fsp3) is 0.154. The van der Waals surface area contributed by atoms with Gasteiger partial charge in [-0.15, -0.1) is 0 Å². The molecule has 0 bridgehead atoms. The lowest BCUT2D eigenvalue weighted by Gasteiger charge is -2.09. The van der Waals surface area contributed by atoms with Gasteiger partial charge >= 0.3 is 0 Å². The standard InChI is InChI=1S/C13H11N3O2S/c14-11(17)9-10(8-4-2-1-3-5-8)15-13-16(12(9)18)6-7-19-13/h1-5H,6-7H2,(H2,14,17). The maximum absolute atomic E-state index is 12.3. The Morgan fingerprint density at radius 3 is 2.74 bits per heavy atom. The van der Waals surface area contributed by atoms with E-state index in [9.17, 15) is 9.59 Å². The maximum Gasteiger partial charge on any atom is 0.267 e. The van der Waals surface area contributed by atoms with Gasteiger partial charge in [0.05, 0.1) is 5.69 Å². The molecule has 2 aromatic rings. The number of amides is 1. The second-order valence-corrected chi connectivity index (χ2v) is 5.22. The molecule has 0 spiro atoms. The van der Waals surface area contributed by atoms with Gasteiger partial charge in [-0.25, -0.2) is 4.98 Å². The summed E-state index contributed by atoms with van der Waals surface area (Å²) in [5, 5.41) is 0.647. The molecule has 0 radical (unpaired) electrons. The molecule has 0 unspecified atom stereocenters. The maximum atomic E-state index is 12.3. The van der Waals surface area contributed by atoms with E-state index < -0.39 is 5.91 Å². The van der Waals surface area contributed by atoms with Gasteiger partial charge in [0, 0.05) is 17.9 Å².